The number of nitrogens with two attached hydrogens (primary N) is 1. The van der Waals surface area contributed by atoms with Gasteiger partial charge in [-0.05, 0) is 31.2 Å². The number of carbonyl (C=O) groups is 1. The Morgan fingerprint density at radius 3 is 2.63 bits per heavy atom. The molecule has 0 saturated carbocycles. The van der Waals surface area contributed by atoms with Crippen molar-refractivity contribution in [1.82, 2.24) is 20.4 Å². The van der Waals surface area contributed by atoms with E-state index in [9.17, 15) is 4.79 Å². The van der Waals surface area contributed by atoms with Gasteiger partial charge in [-0.25, -0.2) is 9.97 Å². The van der Waals surface area contributed by atoms with E-state index in [1.807, 2.05) is 31.2 Å². The van der Waals surface area contributed by atoms with Crippen LogP contribution in [0.25, 0.3) is 0 Å². The summed E-state index contributed by atoms with van der Waals surface area (Å²) < 4.78 is 5.58. The number of hydrogen-bond donors (Lipinski definition) is 4. The Balaban J connectivity index is 1.74. The quantitative estimate of drug-likeness (QED) is 0.470. The van der Waals surface area contributed by atoms with Crippen molar-refractivity contribution in [2.45, 2.75) is 6.92 Å². The minimum Gasteiger partial charge on any atom is -0.492 e. The second kappa shape index (κ2) is 8.48. The first-order valence-electron chi connectivity index (χ1n) is 8.24. The van der Waals surface area contributed by atoms with Crippen molar-refractivity contribution >= 4 is 28.9 Å². The van der Waals surface area contributed by atoms with E-state index in [4.69, 9.17) is 10.5 Å². The number of hydrogen-bond acceptors (Lipinski definition) is 8. The number of anilines is 4. The molecule has 2 heterocycles. The molecule has 0 saturated heterocycles. The third-order valence-corrected chi connectivity index (χ3v) is 3.56. The number of nitrogen functional groups attached to an aromatic ring is 1. The summed E-state index contributed by atoms with van der Waals surface area (Å²) in [6, 6.07) is 10.6. The fourth-order valence-corrected chi connectivity index (χ4v) is 2.27. The minimum atomic E-state index is -0.341. The molecule has 9 heteroatoms. The number of hydrazine groups is 1. The van der Waals surface area contributed by atoms with Crippen molar-refractivity contribution in [2.75, 3.05) is 23.1 Å². The fourth-order valence-electron chi connectivity index (χ4n) is 2.27. The fraction of sp³-hybridized carbons (Fsp3) is 0.111. The lowest BCUT2D eigenvalue weighted by atomic mass is 10.2. The van der Waals surface area contributed by atoms with Gasteiger partial charge in [-0.3, -0.25) is 20.6 Å². The second-order valence-electron chi connectivity index (χ2n) is 5.35. The van der Waals surface area contributed by atoms with Crippen molar-refractivity contribution in [3.05, 3.63) is 60.7 Å². The number of benzene rings is 1. The molecular formula is C18H19N7O2. The molecule has 9 nitrogen and oxygen atoms in total. The van der Waals surface area contributed by atoms with Gasteiger partial charge in [0.15, 0.2) is 11.6 Å². The molecule has 1 amide bonds. The number of pyridine rings is 1. The van der Waals surface area contributed by atoms with Crippen molar-refractivity contribution in [3.8, 4) is 5.75 Å². The van der Waals surface area contributed by atoms with E-state index < -0.39 is 0 Å². The van der Waals surface area contributed by atoms with E-state index in [0.29, 0.717) is 23.7 Å². The third kappa shape index (κ3) is 4.40. The highest BCUT2D eigenvalue weighted by molar-refractivity contribution is 5.95. The van der Waals surface area contributed by atoms with Gasteiger partial charge < -0.3 is 15.8 Å². The van der Waals surface area contributed by atoms with Gasteiger partial charge >= 0.3 is 0 Å². The predicted molar refractivity (Wildman–Crippen MR) is 103 cm³/mol. The molecule has 5 N–H and O–H groups in total. The lowest BCUT2D eigenvalue weighted by molar-refractivity contribution is 0.0962. The molecule has 0 fully saturated rings. The second-order valence-corrected chi connectivity index (χ2v) is 5.35. The molecule has 0 unspecified atom stereocenters. The summed E-state index contributed by atoms with van der Waals surface area (Å²) in [6.45, 7) is 2.44. The first-order chi connectivity index (χ1) is 13.2. The van der Waals surface area contributed by atoms with Gasteiger partial charge in [0, 0.05) is 18.0 Å². The Hall–Kier alpha value is -3.88. The molecule has 1 aromatic carbocycles. The molecule has 0 bridgehead atoms. The van der Waals surface area contributed by atoms with Crippen LogP contribution < -0.4 is 26.6 Å². The average molecular weight is 365 g/mol. The maximum atomic E-state index is 12.1. The van der Waals surface area contributed by atoms with Gasteiger partial charge in [0.25, 0.3) is 5.91 Å². The summed E-state index contributed by atoms with van der Waals surface area (Å²) in [4.78, 5) is 24.2. The van der Waals surface area contributed by atoms with Crippen molar-refractivity contribution in [2.24, 2.45) is 0 Å². The standard InChI is InChI=1S/C18H19N7O2/c1-2-27-14-6-4-3-5-13(14)23-16-15(19)17(22-11-21-16)24-25-18(26)12-7-9-20-10-8-12/h3-11H,2,19H2,1H3,(H,25,26)(H2,21,22,23,24). The van der Waals surface area contributed by atoms with Gasteiger partial charge in [-0.1, -0.05) is 12.1 Å². The Labute approximate surface area is 156 Å². The highest BCUT2D eigenvalue weighted by Crippen LogP contribution is 2.30. The van der Waals surface area contributed by atoms with E-state index >= 15 is 0 Å². The summed E-state index contributed by atoms with van der Waals surface area (Å²) in [7, 11) is 0. The van der Waals surface area contributed by atoms with Gasteiger partial charge in [-0.15, -0.1) is 0 Å². The van der Waals surface area contributed by atoms with E-state index in [1.54, 1.807) is 12.1 Å². The number of rotatable bonds is 7. The largest absolute Gasteiger partial charge is 0.492 e. The van der Waals surface area contributed by atoms with Crippen LogP contribution in [0.4, 0.5) is 23.0 Å². The SMILES string of the molecule is CCOc1ccccc1Nc1ncnc(NNC(=O)c2ccncc2)c1N. The Morgan fingerprint density at radius 1 is 1.11 bits per heavy atom. The monoisotopic (exact) mass is 365 g/mol. The van der Waals surface area contributed by atoms with Crippen LogP contribution in [-0.2, 0) is 0 Å². The zero-order chi connectivity index (χ0) is 19.1. The van der Waals surface area contributed by atoms with E-state index in [-0.39, 0.29) is 17.4 Å². The molecule has 2 aromatic heterocycles. The molecule has 3 aromatic rings. The molecule has 0 spiro atoms. The van der Waals surface area contributed by atoms with Crippen LogP contribution in [0.5, 0.6) is 5.75 Å². The Bertz CT molecular complexity index is 919. The van der Waals surface area contributed by atoms with Crippen LogP contribution >= 0.6 is 0 Å². The number of nitrogens with one attached hydrogen (secondary N) is 3. The first-order valence-corrected chi connectivity index (χ1v) is 8.24. The number of carbonyl (C=O) groups excluding carboxylic acids is 1. The average Bonchev–Trinajstić information content (AvgIpc) is 2.70. The number of nitrogens with zero attached hydrogens (tertiary/aromatic N) is 3. The van der Waals surface area contributed by atoms with Crippen molar-refractivity contribution in [3.63, 3.8) is 0 Å². The molecule has 138 valence electrons. The van der Waals surface area contributed by atoms with Gasteiger partial charge in [-0.2, -0.15) is 0 Å². The summed E-state index contributed by atoms with van der Waals surface area (Å²) in [6.07, 6.45) is 4.40. The number of para-hydroxylation sites is 2. The van der Waals surface area contributed by atoms with Gasteiger partial charge in [0.1, 0.15) is 17.8 Å². The zero-order valence-corrected chi connectivity index (χ0v) is 14.6. The predicted octanol–water partition coefficient (Wildman–Crippen LogP) is 2.35. The van der Waals surface area contributed by atoms with Crippen LogP contribution in [-0.4, -0.2) is 27.5 Å². The molecule has 0 aliphatic heterocycles. The highest BCUT2D eigenvalue weighted by Gasteiger charge is 2.12. The van der Waals surface area contributed by atoms with E-state index in [2.05, 4.69) is 31.1 Å². The van der Waals surface area contributed by atoms with Gasteiger partial charge in [0.2, 0.25) is 0 Å². The Kier molecular flexibility index (Phi) is 5.63. The van der Waals surface area contributed by atoms with Crippen molar-refractivity contribution < 1.29 is 9.53 Å². The normalized spacial score (nSPS) is 10.1. The maximum absolute atomic E-state index is 12.1. The molecule has 3 rings (SSSR count). The maximum Gasteiger partial charge on any atom is 0.269 e. The number of aromatic nitrogens is 3. The van der Waals surface area contributed by atoms with E-state index in [0.717, 1.165) is 5.69 Å². The van der Waals surface area contributed by atoms with E-state index in [1.165, 1.54) is 18.7 Å². The third-order valence-electron chi connectivity index (χ3n) is 3.56. The van der Waals surface area contributed by atoms with Gasteiger partial charge in [0.05, 0.1) is 12.3 Å². The number of amides is 1. The summed E-state index contributed by atoms with van der Waals surface area (Å²) in [5.74, 6) is 0.992. The summed E-state index contributed by atoms with van der Waals surface area (Å²) in [5, 5.41) is 3.12. The molecule has 0 radical (unpaired) electrons. The molecule has 27 heavy (non-hydrogen) atoms. The lowest BCUT2D eigenvalue weighted by Gasteiger charge is -2.15. The summed E-state index contributed by atoms with van der Waals surface area (Å²) in [5.41, 5.74) is 12.8. The highest BCUT2D eigenvalue weighted by atomic mass is 16.5. The van der Waals surface area contributed by atoms with Crippen molar-refractivity contribution in [1.29, 1.82) is 0 Å². The topological polar surface area (TPSA) is 127 Å². The van der Waals surface area contributed by atoms with Crippen LogP contribution in [0.2, 0.25) is 0 Å². The summed E-state index contributed by atoms with van der Waals surface area (Å²) >= 11 is 0. The molecule has 0 aliphatic rings. The first kappa shape index (κ1) is 17.9. The van der Waals surface area contributed by atoms with Crippen LogP contribution in [0, 0.1) is 0 Å². The molecule has 0 aliphatic carbocycles. The Morgan fingerprint density at radius 2 is 1.85 bits per heavy atom. The zero-order valence-electron chi connectivity index (χ0n) is 14.6. The molecular weight excluding hydrogens is 346 g/mol. The minimum absolute atomic E-state index is 0.249. The molecule has 0 atom stereocenters. The van der Waals surface area contributed by atoms with Crippen LogP contribution in [0.1, 0.15) is 17.3 Å². The number of ether oxygens (including phenoxy) is 1. The smallest absolute Gasteiger partial charge is 0.269 e. The van der Waals surface area contributed by atoms with Crippen LogP contribution in [0.3, 0.4) is 0 Å². The lowest BCUT2D eigenvalue weighted by Crippen LogP contribution is -2.30. The van der Waals surface area contributed by atoms with Crippen LogP contribution in [0.15, 0.2) is 55.1 Å².